The van der Waals surface area contributed by atoms with Crippen LogP contribution in [0.25, 0.3) is 0 Å². The molecule has 0 N–H and O–H groups in total. The van der Waals surface area contributed by atoms with Crippen molar-refractivity contribution in [2.24, 2.45) is 0 Å². The highest BCUT2D eigenvalue weighted by atomic mass is 32.2. The van der Waals surface area contributed by atoms with Gasteiger partial charge in [0.1, 0.15) is 5.75 Å². The molecule has 144 valence electrons. The van der Waals surface area contributed by atoms with Crippen molar-refractivity contribution >= 4 is 21.6 Å². The highest BCUT2D eigenvalue weighted by Gasteiger charge is 2.33. The van der Waals surface area contributed by atoms with Crippen LogP contribution in [0.2, 0.25) is 0 Å². The molecule has 0 bridgehead atoms. The van der Waals surface area contributed by atoms with Gasteiger partial charge in [0.25, 0.3) is 15.9 Å². The summed E-state index contributed by atoms with van der Waals surface area (Å²) in [4.78, 5) is 13.4. The average molecular weight is 395 g/mol. The summed E-state index contributed by atoms with van der Waals surface area (Å²) >= 11 is 0. The minimum absolute atomic E-state index is 0.0535. The number of anilines is 1. The zero-order valence-electron chi connectivity index (χ0n) is 15.9. The molecule has 0 spiro atoms. The van der Waals surface area contributed by atoms with Crippen molar-refractivity contribution in [2.45, 2.75) is 18.7 Å². The summed E-state index contributed by atoms with van der Waals surface area (Å²) in [6, 6.07) is 19.6. The van der Waals surface area contributed by atoms with Crippen molar-refractivity contribution in [3.05, 3.63) is 89.5 Å². The minimum Gasteiger partial charge on any atom is -0.497 e. The van der Waals surface area contributed by atoms with Gasteiger partial charge in [-0.3, -0.25) is 4.79 Å². The van der Waals surface area contributed by atoms with Crippen LogP contribution in [-0.4, -0.2) is 21.4 Å². The van der Waals surface area contributed by atoms with Crippen molar-refractivity contribution in [3.8, 4) is 5.75 Å². The molecular formula is C22H21NO4S. The highest BCUT2D eigenvalue weighted by Crippen LogP contribution is 2.30. The summed E-state index contributed by atoms with van der Waals surface area (Å²) in [5.74, 6) is -0.0408. The number of rotatable bonds is 5. The van der Waals surface area contributed by atoms with Crippen LogP contribution in [0.1, 0.15) is 21.5 Å². The van der Waals surface area contributed by atoms with Gasteiger partial charge >= 0.3 is 0 Å². The van der Waals surface area contributed by atoms with Gasteiger partial charge in [0.15, 0.2) is 0 Å². The van der Waals surface area contributed by atoms with Crippen LogP contribution in [0.3, 0.4) is 0 Å². The minimum atomic E-state index is -4.10. The molecule has 0 aliphatic rings. The maximum Gasteiger partial charge on any atom is 0.272 e. The number of aryl methyl sites for hydroxylation is 1. The fraction of sp³-hybridized carbons (Fsp3) is 0.136. The number of hydrogen-bond donors (Lipinski definition) is 0. The zero-order chi connectivity index (χ0) is 20.3. The summed E-state index contributed by atoms with van der Waals surface area (Å²) in [7, 11) is -2.58. The number of ether oxygens (including phenoxy) is 1. The molecule has 6 heteroatoms. The van der Waals surface area contributed by atoms with Crippen molar-refractivity contribution < 1.29 is 17.9 Å². The predicted molar refractivity (Wildman–Crippen MR) is 109 cm³/mol. The SMILES string of the molecule is COc1ccc(C(=O)N(c2cccc(C)c2C)S(=O)(=O)c2ccccc2)cc1. The van der Waals surface area contributed by atoms with Gasteiger partial charge in [-0.1, -0.05) is 30.3 Å². The van der Waals surface area contributed by atoms with Gasteiger partial charge in [-0.2, -0.15) is 4.31 Å². The molecule has 3 rings (SSSR count). The van der Waals surface area contributed by atoms with E-state index in [4.69, 9.17) is 4.74 Å². The Kier molecular flexibility index (Phi) is 5.51. The molecule has 28 heavy (non-hydrogen) atoms. The summed E-state index contributed by atoms with van der Waals surface area (Å²) in [5, 5.41) is 0. The second-order valence-electron chi connectivity index (χ2n) is 6.34. The monoisotopic (exact) mass is 395 g/mol. The molecule has 0 heterocycles. The summed E-state index contributed by atoms with van der Waals surface area (Å²) in [6.07, 6.45) is 0. The topological polar surface area (TPSA) is 63.7 Å². The first-order valence-corrected chi connectivity index (χ1v) is 10.1. The van der Waals surface area contributed by atoms with E-state index >= 15 is 0 Å². The lowest BCUT2D eigenvalue weighted by Gasteiger charge is -2.25. The Morgan fingerprint density at radius 1 is 0.857 bits per heavy atom. The van der Waals surface area contributed by atoms with E-state index in [1.807, 2.05) is 13.0 Å². The number of sulfonamides is 1. The third-order valence-electron chi connectivity index (χ3n) is 4.60. The number of benzene rings is 3. The third-order valence-corrected chi connectivity index (χ3v) is 6.31. The lowest BCUT2D eigenvalue weighted by Crippen LogP contribution is -2.37. The smallest absolute Gasteiger partial charge is 0.272 e. The summed E-state index contributed by atoms with van der Waals surface area (Å²) < 4.78 is 32.8. The molecular weight excluding hydrogens is 374 g/mol. The molecule has 3 aromatic carbocycles. The molecule has 3 aromatic rings. The molecule has 0 aliphatic heterocycles. The van der Waals surface area contributed by atoms with E-state index in [-0.39, 0.29) is 10.5 Å². The van der Waals surface area contributed by atoms with Crippen LogP contribution in [0.4, 0.5) is 5.69 Å². The number of amides is 1. The van der Waals surface area contributed by atoms with E-state index in [1.54, 1.807) is 61.5 Å². The second kappa shape index (κ2) is 7.86. The molecule has 0 atom stereocenters. The Morgan fingerprint density at radius 3 is 2.11 bits per heavy atom. The van der Waals surface area contributed by atoms with E-state index in [1.165, 1.54) is 19.2 Å². The van der Waals surface area contributed by atoms with Crippen LogP contribution in [-0.2, 0) is 10.0 Å². The predicted octanol–water partition coefficient (Wildman–Crippen LogP) is 4.35. The van der Waals surface area contributed by atoms with Crippen LogP contribution >= 0.6 is 0 Å². The largest absolute Gasteiger partial charge is 0.497 e. The van der Waals surface area contributed by atoms with Gasteiger partial charge in [0.05, 0.1) is 17.7 Å². The number of nitrogens with zero attached hydrogens (tertiary/aromatic N) is 1. The van der Waals surface area contributed by atoms with E-state index in [2.05, 4.69) is 0 Å². The van der Waals surface area contributed by atoms with Crippen molar-refractivity contribution in [1.82, 2.24) is 0 Å². The third kappa shape index (κ3) is 3.64. The Morgan fingerprint density at radius 2 is 1.50 bits per heavy atom. The second-order valence-corrected chi connectivity index (χ2v) is 8.12. The van der Waals surface area contributed by atoms with Crippen LogP contribution < -0.4 is 9.04 Å². The van der Waals surface area contributed by atoms with Gasteiger partial charge in [0, 0.05) is 5.56 Å². The maximum atomic E-state index is 13.4. The van der Waals surface area contributed by atoms with E-state index in [0.717, 1.165) is 15.4 Å². The molecule has 0 saturated heterocycles. The summed E-state index contributed by atoms with van der Waals surface area (Å²) in [5.41, 5.74) is 2.21. The fourth-order valence-electron chi connectivity index (χ4n) is 2.85. The van der Waals surface area contributed by atoms with Crippen molar-refractivity contribution in [1.29, 1.82) is 0 Å². The van der Waals surface area contributed by atoms with Gasteiger partial charge in [0.2, 0.25) is 0 Å². The van der Waals surface area contributed by atoms with E-state index < -0.39 is 15.9 Å². The maximum absolute atomic E-state index is 13.4. The van der Waals surface area contributed by atoms with E-state index in [9.17, 15) is 13.2 Å². The first-order chi connectivity index (χ1) is 13.4. The molecule has 1 amide bonds. The number of methoxy groups -OCH3 is 1. The summed E-state index contributed by atoms with van der Waals surface area (Å²) in [6.45, 7) is 3.68. The van der Waals surface area contributed by atoms with Crippen LogP contribution in [0.15, 0.2) is 77.7 Å². The molecule has 0 aromatic heterocycles. The van der Waals surface area contributed by atoms with Gasteiger partial charge < -0.3 is 4.74 Å². The molecule has 0 unspecified atom stereocenters. The van der Waals surface area contributed by atoms with Gasteiger partial charge in [-0.25, -0.2) is 8.42 Å². The Labute approximate surface area is 165 Å². The Hall–Kier alpha value is -3.12. The normalized spacial score (nSPS) is 11.1. The van der Waals surface area contributed by atoms with Crippen molar-refractivity contribution in [3.63, 3.8) is 0 Å². The molecule has 0 fully saturated rings. The number of hydrogen-bond acceptors (Lipinski definition) is 4. The molecule has 0 radical (unpaired) electrons. The van der Waals surface area contributed by atoms with Crippen LogP contribution in [0.5, 0.6) is 5.75 Å². The van der Waals surface area contributed by atoms with Crippen LogP contribution in [0, 0.1) is 13.8 Å². The molecule has 0 saturated carbocycles. The Balaban J connectivity index is 2.19. The van der Waals surface area contributed by atoms with Gasteiger partial charge in [-0.15, -0.1) is 0 Å². The zero-order valence-corrected chi connectivity index (χ0v) is 16.7. The highest BCUT2D eigenvalue weighted by molar-refractivity contribution is 7.93. The molecule has 5 nitrogen and oxygen atoms in total. The standard InChI is InChI=1S/C22H21NO4S/c1-16-8-7-11-21(17(16)2)23(28(25,26)20-9-5-4-6-10-20)22(24)18-12-14-19(27-3)15-13-18/h4-15H,1-3H3. The first kappa shape index (κ1) is 19.6. The molecule has 0 aliphatic carbocycles. The Bertz CT molecular complexity index is 1090. The fourth-order valence-corrected chi connectivity index (χ4v) is 4.34. The van der Waals surface area contributed by atoms with E-state index in [0.29, 0.717) is 11.4 Å². The average Bonchev–Trinajstić information content (AvgIpc) is 2.72. The first-order valence-electron chi connectivity index (χ1n) is 8.71. The lowest BCUT2D eigenvalue weighted by molar-refractivity contribution is 0.100. The quantitative estimate of drug-likeness (QED) is 0.644. The lowest BCUT2D eigenvalue weighted by atomic mass is 10.1. The number of carbonyl (C=O) groups excluding carboxylic acids is 1. The van der Waals surface area contributed by atoms with Gasteiger partial charge in [-0.05, 0) is 67.4 Å². The number of carbonyl (C=O) groups is 1. The van der Waals surface area contributed by atoms with Crippen molar-refractivity contribution in [2.75, 3.05) is 11.4 Å².